The van der Waals surface area contributed by atoms with Gasteiger partial charge in [-0.15, -0.1) is 9.60 Å². The summed E-state index contributed by atoms with van der Waals surface area (Å²) < 4.78 is 45.0. The number of hydrogen-bond donors (Lipinski definition) is 2. The van der Waals surface area contributed by atoms with Crippen LogP contribution in [0.25, 0.3) is 28.1 Å². The molecule has 3 unspecified atom stereocenters. The number of amides is 4. The number of likely N-dealkylation sites (N-methyl/N-ethyl adjacent to an activating group) is 1. The van der Waals surface area contributed by atoms with Crippen molar-refractivity contribution in [2.75, 3.05) is 20.1 Å². The van der Waals surface area contributed by atoms with Gasteiger partial charge in [0.05, 0.1) is 19.2 Å². The summed E-state index contributed by atoms with van der Waals surface area (Å²) in [6.07, 6.45) is -2.05. The summed E-state index contributed by atoms with van der Waals surface area (Å²) in [6, 6.07) is 34.2. The number of urea groups is 1. The number of quaternary nitrogens is 1. The molecule has 0 radical (unpaired) electrons. The summed E-state index contributed by atoms with van der Waals surface area (Å²) in [5.74, 6) is -0.373. The van der Waals surface area contributed by atoms with E-state index in [-0.39, 0.29) is 55.8 Å². The molecule has 3 atom stereocenters. The Labute approximate surface area is 337 Å². The van der Waals surface area contributed by atoms with Crippen LogP contribution in [0.1, 0.15) is 28.0 Å². The Hall–Kier alpha value is -6.77. The first-order valence-electron chi connectivity index (χ1n) is 19.0. The lowest BCUT2D eigenvalue weighted by molar-refractivity contribution is -0.985. The fraction of sp³-hybridized carbons (Fsp3) is 0.200. The molecule has 4 amide bonds. The van der Waals surface area contributed by atoms with Gasteiger partial charge in [0, 0.05) is 24.7 Å². The molecule has 59 heavy (non-hydrogen) atoms. The maximum absolute atomic E-state index is 14.8. The number of carbonyl (C=O) groups is 3. The third kappa shape index (κ3) is 7.92. The third-order valence-corrected chi connectivity index (χ3v) is 11.1. The maximum Gasteiger partial charge on any atom is 0.438 e. The van der Waals surface area contributed by atoms with Crippen molar-refractivity contribution in [3.63, 3.8) is 0 Å². The van der Waals surface area contributed by atoms with E-state index in [1.807, 2.05) is 72.8 Å². The molecule has 0 bridgehead atoms. The van der Waals surface area contributed by atoms with E-state index in [4.69, 9.17) is 4.52 Å². The van der Waals surface area contributed by atoms with Crippen LogP contribution in [0.2, 0.25) is 0 Å². The second kappa shape index (κ2) is 15.9. The highest BCUT2D eigenvalue weighted by Crippen LogP contribution is 2.36. The lowest BCUT2D eigenvalue weighted by Gasteiger charge is -2.56. The van der Waals surface area contributed by atoms with Crippen molar-refractivity contribution >= 4 is 34.7 Å². The maximum atomic E-state index is 14.8. The Kier molecular flexibility index (Phi) is 10.5. The molecular weight excluding hydrogens is 762 g/mol. The van der Waals surface area contributed by atoms with Crippen LogP contribution in [0.4, 0.5) is 18.0 Å². The van der Waals surface area contributed by atoms with Crippen LogP contribution in [0.15, 0.2) is 138 Å². The molecule has 14 heteroatoms. The van der Waals surface area contributed by atoms with Crippen molar-refractivity contribution in [3.05, 3.63) is 161 Å². The Morgan fingerprint density at radius 3 is 2.37 bits per heavy atom. The van der Waals surface area contributed by atoms with Crippen molar-refractivity contribution in [3.8, 4) is 17.0 Å². The Bertz CT molecular complexity index is 2520. The molecule has 2 aliphatic rings. The number of halogens is 3. The van der Waals surface area contributed by atoms with Gasteiger partial charge in [0.2, 0.25) is 18.0 Å². The monoisotopic (exact) mass is 801 g/mol. The standard InChI is InChI=1S/C45H39F3N6O5/c1-54(44(58)49-25-31-8-3-2-4-9-31)41-28-51(26-34-12-7-11-32-10-5-6-13-38(32)34)43(57)40(23-16-30-14-21-36(55)22-15-30)53(41)42(56)29-52(54)27-37-24-39(50-59-37)33-17-19-35(20-18-33)45(46,47)48/h2-24,40-41H,25-29H2,1H3,(H-,49,55,58)/p+1/b23-16+. The van der Waals surface area contributed by atoms with Crippen LogP contribution < -0.4 is 5.32 Å². The zero-order chi connectivity index (χ0) is 41.3. The van der Waals surface area contributed by atoms with Gasteiger partial charge < -0.3 is 14.5 Å². The molecule has 8 rings (SSSR count). The van der Waals surface area contributed by atoms with Gasteiger partial charge in [0.25, 0.3) is 0 Å². The van der Waals surface area contributed by atoms with Gasteiger partial charge in [0.15, 0.2) is 5.76 Å². The smallest absolute Gasteiger partial charge is 0.438 e. The van der Waals surface area contributed by atoms with E-state index in [1.54, 1.807) is 47.3 Å². The summed E-state index contributed by atoms with van der Waals surface area (Å²) >= 11 is 0. The van der Waals surface area contributed by atoms with Crippen molar-refractivity contribution < 1.29 is 41.8 Å². The van der Waals surface area contributed by atoms with Crippen molar-refractivity contribution in [1.82, 2.24) is 25.3 Å². The summed E-state index contributed by atoms with van der Waals surface area (Å²) in [6.45, 7) is 0.0144. The van der Waals surface area contributed by atoms with Crippen LogP contribution in [0.5, 0.6) is 5.75 Å². The number of nitrogens with zero attached hydrogens (tertiary/aromatic N) is 5. The third-order valence-electron chi connectivity index (χ3n) is 11.1. The quantitative estimate of drug-likeness (QED) is 0.145. The number of alkyl halides is 3. The van der Waals surface area contributed by atoms with Gasteiger partial charge in [-0.25, -0.2) is 4.79 Å². The molecule has 6 aromatic rings. The van der Waals surface area contributed by atoms with Gasteiger partial charge in [-0.2, -0.15) is 13.2 Å². The predicted octanol–water partition coefficient (Wildman–Crippen LogP) is 7.59. The molecule has 300 valence electrons. The minimum absolute atomic E-state index is 0.00366. The molecule has 2 N–H and O–H groups in total. The lowest BCUT2D eigenvalue weighted by Crippen LogP contribution is -2.82. The fourth-order valence-electron chi connectivity index (χ4n) is 7.84. The lowest BCUT2D eigenvalue weighted by atomic mass is 10.0. The number of aromatic hydroxyl groups is 1. The average molecular weight is 802 g/mol. The number of benzene rings is 5. The molecule has 0 aliphatic carbocycles. The summed E-state index contributed by atoms with van der Waals surface area (Å²) in [5.41, 5.74) is 2.32. The highest BCUT2D eigenvalue weighted by Gasteiger charge is 2.60. The summed E-state index contributed by atoms with van der Waals surface area (Å²) in [5, 5.41) is 20.7. The molecule has 3 heterocycles. The number of fused-ring (bicyclic) bond motifs is 2. The molecule has 2 fully saturated rings. The van der Waals surface area contributed by atoms with Crippen LogP contribution in [-0.2, 0) is 35.4 Å². The average Bonchev–Trinajstić information content (AvgIpc) is 3.71. The number of phenols is 1. The van der Waals surface area contributed by atoms with E-state index in [9.17, 15) is 32.7 Å². The summed E-state index contributed by atoms with van der Waals surface area (Å²) in [7, 11) is 1.70. The van der Waals surface area contributed by atoms with Gasteiger partial charge in [0.1, 0.15) is 30.6 Å². The van der Waals surface area contributed by atoms with Gasteiger partial charge >= 0.3 is 12.2 Å². The number of rotatable bonds is 9. The first kappa shape index (κ1) is 39.1. The van der Waals surface area contributed by atoms with Crippen molar-refractivity contribution in [2.24, 2.45) is 0 Å². The van der Waals surface area contributed by atoms with E-state index >= 15 is 0 Å². The van der Waals surface area contributed by atoms with Crippen LogP contribution in [-0.4, -0.2) is 79.9 Å². The van der Waals surface area contributed by atoms with Crippen molar-refractivity contribution in [2.45, 2.75) is 38.0 Å². The second-order valence-electron chi connectivity index (χ2n) is 14.8. The topological polar surface area (TPSA) is 119 Å². The zero-order valence-electron chi connectivity index (χ0n) is 31.9. The van der Waals surface area contributed by atoms with E-state index < -0.39 is 40.5 Å². The van der Waals surface area contributed by atoms with Gasteiger partial charge in [-0.3, -0.25) is 19.8 Å². The second-order valence-corrected chi connectivity index (χ2v) is 14.8. The van der Waals surface area contributed by atoms with Crippen LogP contribution in [0.3, 0.4) is 0 Å². The van der Waals surface area contributed by atoms with Gasteiger partial charge in [-0.05, 0) is 51.7 Å². The first-order valence-corrected chi connectivity index (χ1v) is 19.0. The van der Waals surface area contributed by atoms with E-state index in [0.29, 0.717) is 11.1 Å². The highest BCUT2D eigenvalue weighted by atomic mass is 19.4. The Morgan fingerprint density at radius 1 is 0.915 bits per heavy atom. The normalized spacial score (nSPS) is 20.0. The molecule has 2 aliphatic heterocycles. The number of nitrogens with one attached hydrogen (secondary N) is 1. The van der Waals surface area contributed by atoms with E-state index in [2.05, 4.69) is 10.5 Å². The molecule has 11 nitrogen and oxygen atoms in total. The van der Waals surface area contributed by atoms with Crippen LogP contribution >= 0.6 is 0 Å². The number of piperazine rings is 1. The SMILES string of the molecule is C[N+]1(C(=O)NCc2ccccc2)C2CN(Cc3cccc4ccccc34)C(=O)C(/C=C/c3ccc(O)cc3)N2C(=O)CN1Cc1cc(-c2ccc(C(F)(F)F)cc2)no1. The van der Waals surface area contributed by atoms with Crippen molar-refractivity contribution in [1.29, 1.82) is 0 Å². The van der Waals surface area contributed by atoms with Crippen LogP contribution in [0, 0.1) is 0 Å². The molecule has 2 saturated heterocycles. The molecule has 1 aromatic heterocycles. The highest BCUT2D eigenvalue weighted by molar-refractivity contribution is 5.93. The predicted molar refractivity (Wildman–Crippen MR) is 213 cm³/mol. The molecule has 5 aromatic carbocycles. The Morgan fingerprint density at radius 2 is 1.63 bits per heavy atom. The molecule has 0 spiro atoms. The number of phenolic OH excluding ortho intramolecular Hbond substituents is 1. The number of hydrogen-bond acceptors (Lipinski definition) is 7. The first-order chi connectivity index (χ1) is 28.4. The number of aromatic nitrogens is 1. The minimum Gasteiger partial charge on any atom is -0.508 e. The molecular formula is C45H40F3N6O5+. The van der Waals surface area contributed by atoms with E-state index in [0.717, 1.165) is 34.0 Å². The largest absolute Gasteiger partial charge is 0.508 e. The molecule has 0 saturated carbocycles. The summed E-state index contributed by atoms with van der Waals surface area (Å²) in [4.78, 5) is 47.1. The number of carbonyl (C=O) groups excluding carboxylic acids is 3. The zero-order valence-corrected chi connectivity index (χ0v) is 31.9. The Balaban J connectivity index is 1.18. The van der Waals surface area contributed by atoms with E-state index in [1.165, 1.54) is 29.2 Å². The van der Waals surface area contributed by atoms with Gasteiger partial charge in [-0.1, -0.05) is 114 Å². The minimum atomic E-state index is -4.50. The fourth-order valence-corrected chi connectivity index (χ4v) is 7.84.